The molecule has 1 fully saturated rings. The van der Waals surface area contributed by atoms with Crippen molar-refractivity contribution in [1.29, 1.82) is 0 Å². The largest absolute Gasteiger partial charge is 0.393 e. The van der Waals surface area contributed by atoms with E-state index in [9.17, 15) is 5.11 Å². The lowest BCUT2D eigenvalue weighted by atomic mass is 9.89. The second-order valence-electron chi connectivity index (χ2n) is 4.80. The number of ether oxygens (including phenoxy) is 1. The molecule has 1 heterocycles. The molecule has 2 nitrogen and oxygen atoms in total. The van der Waals surface area contributed by atoms with Crippen LogP contribution < -0.4 is 0 Å². The van der Waals surface area contributed by atoms with Gasteiger partial charge in [0.05, 0.1) is 11.7 Å². The Morgan fingerprint density at radius 3 is 2.47 bits per heavy atom. The number of aliphatic hydroxyl groups excluding tert-OH is 1. The highest BCUT2D eigenvalue weighted by molar-refractivity contribution is 5.35. The first kappa shape index (κ1) is 9.37. The first-order valence-corrected chi connectivity index (χ1v) is 5.66. The van der Waals surface area contributed by atoms with Gasteiger partial charge in [0.1, 0.15) is 0 Å². The molecule has 0 amide bonds. The summed E-state index contributed by atoms with van der Waals surface area (Å²) in [5.74, 6) is 0. The fourth-order valence-electron chi connectivity index (χ4n) is 2.91. The minimum atomic E-state index is -0.173. The van der Waals surface area contributed by atoms with Gasteiger partial charge in [-0.25, -0.2) is 0 Å². The molecule has 1 aliphatic carbocycles. The van der Waals surface area contributed by atoms with Crippen LogP contribution in [-0.2, 0) is 17.6 Å². The third-order valence-electron chi connectivity index (χ3n) is 3.61. The smallest absolute Gasteiger partial charge is 0.0787 e. The van der Waals surface area contributed by atoms with Crippen molar-refractivity contribution in [2.45, 2.75) is 37.4 Å². The van der Waals surface area contributed by atoms with Gasteiger partial charge in [-0.15, -0.1) is 0 Å². The SMILES string of the molecule is OC1CCOC2(Cc3ccccc3C2)C1. The summed E-state index contributed by atoms with van der Waals surface area (Å²) in [6.45, 7) is 0.704. The maximum absolute atomic E-state index is 9.73. The van der Waals surface area contributed by atoms with E-state index in [0.717, 1.165) is 25.7 Å². The van der Waals surface area contributed by atoms with E-state index >= 15 is 0 Å². The van der Waals surface area contributed by atoms with Crippen LogP contribution >= 0.6 is 0 Å². The zero-order valence-corrected chi connectivity index (χ0v) is 8.78. The summed E-state index contributed by atoms with van der Waals surface area (Å²) in [4.78, 5) is 0. The van der Waals surface area contributed by atoms with E-state index in [-0.39, 0.29) is 11.7 Å². The standard InChI is InChI=1S/C13H16O2/c14-12-5-6-15-13(9-12)7-10-3-1-2-4-11(10)8-13/h1-4,12,14H,5-9H2. The van der Waals surface area contributed by atoms with Crippen LogP contribution in [0.2, 0.25) is 0 Å². The molecular formula is C13H16O2. The van der Waals surface area contributed by atoms with E-state index in [1.807, 2.05) is 0 Å². The van der Waals surface area contributed by atoms with Gasteiger partial charge in [0, 0.05) is 25.9 Å². The van der Waals surface area contributed by atoms with Crippen LogP contribution in [0.25, 0.3) is 0 Å². The third kappa shape index (κ3) is 1.58. The Morgan fingerprint density at radius 2 is 1.87 bits per heavy atom. The van der Waals surface area contributed by atoms with E-state index in [1.165, 1.54) is 11.1 Å². The summed E-state index contributed by atoms with van der Waals surface area (Å²) in [5, 5.41) is 9.73. The van der Waals surface area contributed by atoms with Crippen LogP contribution in [0.4, 0.5) is 0 Å². The Hall–Kier alpha value is -0.860. The van der Waals surface area contributed by atoms with Crippen molar-refractivity contribution in [3.63, 3.8) is 0 Å². The second-order valence-corrected chi connectivity index (χ2v) is 4.80. The van der Waals surface area contributed by atoms with Gasteiger partial charge in [-0.1, -0.05) is 24.3 Å². The number of benzene rings is 1. The van der Waals surface area contributed by atoms with Gasteiger partial charge in [-0.3, -0.25) is 0 Å². The maximum Gasteiger partial charge on any atom is 0.0787 e. The van der Waals surface area contributed by atoms with Crippen LogP contribution in [0.1, 0.15) is 24.0 Å². The van der Waals surface area contributed by atoms with Crippen LogP contribution in [0.15, 0.2) is 24.3 Å². The highest BCUT2D eigenvalue weighted by atomic mass is 16.5. The average Bonchev–Trinajstić information content (AvgIpc) is 2.54. The molecule has 1 N–H and O–H groups in total. The van der Waals surface area contributed by atoms with Crippen molar-refractivity contribution in [2.75, 3.05) is 6.61 Å². The fourth-order valence-corrected chi connectivity index (χ4v) is 2.91. The molecule has 1 aliphatic heterocycles. The minimum Gasteiger partial charge on any atom is -0.393 e. The number of hydrogen-bond donors (Lipinski definition) is 1. The minimum absolute atomic E-state index is 0.0959. The van der Waals surface area contributed by atoms with E-state index in [1.54, 1.807) is 0 Å². The molecule has 0 saturated carbocycles. The summed E-state index contributed by atoms with van der Waals surface area (Å²) in [6.07, 6.45) is 3.35. The molecule has 1 spiro atoms. The average molecular weight is 204 g/mol. The summed E-state index contributed by atoms with van der Waals surface area (Å²) in [5.41, 5.74) is 2.69. The summed E-state index contributed by atoms with van der Waals surface area (Å²) in [7, 11) is 0. The topological polar surface area (TPSA) is 29.5 Å². The van der Waals surface area contributed by atoms with Crippen molar-refractivity contribution >= 4 is 0 Å². The molecule has 15 heavy (non-hydrogen) atoms. The molecule has 3 rings (SSSR count). The van der Waals surface area contributed by atoms with Gasteiger partial charge >= 0.3 is 0 Å². The van der Waals surface area contributed by atoms with Gasteiger partial charge in [0.2, 0.25) is 0 Å². The van der Waals surface area contributed by atoms with E-state index in [0.29, 0.717) is 6.61 Å². The zero-order chi connectivity index (χ0) is 10.3. The maximum atomic E-state index is 9.73. The Morgan fingerprint density at radius 1 is 1.20 bits per heavy atom. The molecule has 0 bridgehead atoms. The molecule has 1 atom stereocenters. The molecule has 1 saturated heterocycles. The van der Waals surface area contributed by atoms with Gasteiger partial charge < -0.3 is 9.84 Å². The van der Waals surface area contributed by atoms with E-state index in [2.05, 4.69) is 24.3 Å². The lowest BCUT2D eigenvalue weighted by Gasteiger charge is -2.36. The quantitative estimate of drug-likeness (QED) is 0.697. The van der Waals surface area contributed by atoms with E-state index in [4.69, 9.17) is 4.74 Å². The molecule has 80 valence electrons. The fraction of sp³-hybridized carbons (Fsp3) is 0.538. The molecule has 2 heteroatoms. The van der Waals surface area contributed by atoms with Gasteiger partial charge in [0.15, 0.2) is 0 Å². The lowest BCUT2D eigenvalue weighted by molar-refractivity contribution is -0.112. The highest BCUT2D eigenvalue weighted by Crippen LogP contribution is 2.38. The van der Waals surface area contributed by atoms with Crippen molar-refractivity contribution in [3.05, 3.63) is 35.4 Å². The zero-order valence-electron chi connectivity index (χ0n) is 8.78. The first-order valence-electron chi connectivity index (χ1n) is 5.66. The molecule has 0 aromatic heterocycles. The van der Waals surface area contributed by atoms with Crippen molar-refractivity contribution in [3.8, 4) is 0 Å². The third-order valence-corrected chi connectivity index (χ3v) is 3.61. The number of aliphatic hydroxyl groups is 1. The van der Waals surface area contributed by atoms with Crippen molar-refractivity contribution in [1.82, 2.24) is 0 Å². The molecule has 2 aliphatic rings. The van der Waals surface area contributed by atoms with Gasteiger partial charge in [0.25, 0.3) is 0 Å². The van der Waals surface area contributed by atoms with Crippen molar-refractivity contribution in [2.24, 2.45) is 0 Å². The summed E-state index contributed by atoms with van der Waals surface area (Å²) < 4.78 is 5.92. The molecule has 1 aromatic carbocycles. The Bertz CT molecular complexity index is 348. The van der Waals surface area contributed by atoms with Crippen molar-refractivity contribution < 1.29 is 9.84 Å². The number of fused-ring (bicyclic) bond motifs is 1. The molecule has 0 radical (unpaired) electrons. The number of rotatable bonds is 0. The Labute approximate surface area is 89.9 Å². The highest BCUT2D eigenvalue weighted by Gasteiger charge is 2.41. The lowest BCUT2D eigenvalue weighted by Crippen LogP contribution is -2.42. The molecule has 1 unspecified atom stereocenters. The molecule has 1 aromatic rings. The monoisotopic (exact) mass is 204 g/mol. The molecular weight excluding hydrogens is 188 g/mol. The van der Waals surface area contributed by atoms with Crippen LogP contribution in [0.3, 0.4) is 0 Å². The summed E-state index contributed by atoms with van der Waals surface area (Å²) >= 11 is 0. The van der Waals surface area contributed by atoms with E-state index < -0.39 is 0 Å². The Kier molecular flexibility index (Phi) is 2.08. The van der Waals surface area contributed by atoms with Crippen LogP contribution in [0, 0.1) is 0 Å². The van der Waals surface area contributed by atoms with Crippen LogP contribution in [0.5, 0.6) is 0 Å². The second kappa shape index (κ2) is 3.32. The number of hydrogen-bond acceptors (Lipinski definition) is 2. The Balaban J connectivity index is 1.87. The summed E-state index contributed by atoms with van der Waals surface area (Å²) in [6, 6.07) is 8.51. The predicted octanol–water partition coefficient (Wildman–Crippen LogP) is 1.70. The van der Waals surface area contributed by atoms with Gasteiger partial charge in [-0.05, 0) is 17.5 Å². The van der Waals surface area contributed by atoms with Crippen LogP contribution in [-0.4, -0.2) is 23.4 Å². The first-order chi connectivity index (χ1) is 7.27. The van der Waals surface area contributed by atoms with Gasteiger partial charge in [-0.2, -0.15) is 0 Å². The normalized spacial score (nSPS) is 27.9. The predicted molar refractivity (Wildman–Crippen MR) is 57.8 cm³/mol.